The second kappa shape index (κ2) is 7.96. The van der Waals surface area contributed by atoms with E-state index in [4.69, 9.17) is 9.72 Å². The van der Waals surface area contributed by atoms with Crippen molar-refractivity contribution in [2.24, 2.45) is 0 Å². The van der Waals surface area contributed by atoms with Crippen LogP contribution in [0.2, 0.25) is 0 Å². The Morgan fingerprint density at radius 3 is 2.80 bits per heavy atom. The Hall–Kier alpha value is -0.650. The molecule has 4 nitrogen and oxygen atoms in total. The summed E-state index contributed by atoms with van der Waals surface area (Å²) in [4.78, 5) is 8.52. The molecule has 1 aliphatic carbocycles. The van der Waals surface area contributed by atoms with Crippen LogP contribution in [0.15, 0.2) is 0 Å². The van der Waals surface area contributed by atoms with Gasteiger partial charge in [0.05, 0.1) is 12.3 Å². The van der Waals surface area contributed by atoms with E-state index >= 15 is 0 Å². The molecule has 0 aromatic carbocycles. The van der Waals surface area contributed by atoms with E-state index < -0.39 is 0 Å². The van der Waals surface area contributed by atoms with Crippen LogP contribution in [0.3, 0.4) is 0 Å². The lowest BCUT2D eigenvalue weighted by Crippen LogP contribution is -2.23. The molecular formula is C15H27N3OS. The number of hydrogen-bond donors (Lipinski definition) is 1. The highest BCUT2D eigenvalue weighted by molar-refractivity contribution is 7.15. The summed E-state index contributed by atoms with van der Waals surface area (Å²) in [7, 11) is 1.74. The van der Waals surface area contributed by atoms with Gasteiger partial charge in [0.2, 0.25) is 0 Å². The molecule has 0 radical (unpaired) electrons. The first-order valence-corrected chi connectivity index (χ1v) is 8.55. The highest BCUT2D eigenvalue weighted by Crippen LogP contribution is 2.28. The standard InChI is InChI=1S/C15H27N3OS/c1-4-6-9-18(5-2)15-17-13(11-19-3)14(20-15)10-16-12-7-8-12/h12,16H,4-11H2,1-3H3. The Bertz CT molecular complexity index is 404. The number of aromatic nitrogens is 1. The molecule has 0 saturated heterocycles. The zero-order valence-corrected chi connectivity index (χ0v) is 13.8. The van der Waals surface area contributed by atoms with Gasteiger partial charge in [-0.2, -0.15) is 0 Å². The van der Waals surface area contributed by atoms with Crippen LogP contribution >= 0.6 is 11.3 Å². The first-order valence-electron chi connectivity index (χ1n) is 7.74. The van der Waals surface area contributed by atoms with E-state index in [0.29, 0.717) is 6.61 Å². The largest absolute Gasteiger partial charge is 0.378 e. The van der Waals surface area contributed by atoms with Crippen molar-refractivity contribution in [2.45, 2.75) is 58.7 Å². The monoisotopic (exact) mass is 297 g/mol. The maximum Gasteiger partial charge on any atom is 0.185 e. The lowest BCUT2D eigenvalue weighted by molar-refractivity contribution is 0.181. The molecule has 114 valence electrons. The van der Waals surface area contributed by atoms with Crippen LogP contribution in [-0.2, 0) is 17.9 Å². The Balaban J connectivity index is 2.04. The molecule has 0 unspecified atom stereocenters. The Labute approximate surface area is 126 Å². The van der Waals surface area contributed by atoms with Gasteiger partial charge in [-0.3, -0.25) is 0 Å². The smallest absolute Gasteiger partial charge is 0.185 e. The molecule has 1 aromatic heterocycles. The van der Waals surface area contributed by atoms with Gasteiger partial charge in [-0.05, 0) is 26.2 Å². The third kappa shape index (κ3) is 4.43. The Morgan fingerprint density at radius 2 is 2.20 bits per heavy atom. The molecule has 20 heavy (non-hydrogen) atoms. The summed E-state index contributed by atoms with van der Waals surface area (Å²) in [5.74, 6) is 0. The predicted molar refractivity (Wildman–Crippen MR) is 85.5 cm³/mol. The van der Waals surface area contributed by atoms with Gasteiger partial charge in [-0.1, -0.05) is 13.3 Å². The summed E-state index contributed by atoms with van der Waals surface area (Å²) >= 11 is 1.82. The minimum Gasteiger partial charge on any atom is -0.378 e. The number of nitrogens with one attached hydrogen (secondary N) is 1. The number of nitrogens with zero attached hydrogens (tertiary/aromatic N) is 2. The van der Waals surface area contributed by atoms with E-state index in [-0.39, 0.29) is 0 Å². The summed E-state index contributed by atoms with van der Waals surface area (Å²) in [5.41, 5.74) is 1.11. The van der Waals surface area contributed by atoms with Crippen LogP contribution in [0.25, 0.3) is 0 Å². The molecule has 1 N–H and O–H groups in total. The highest BCUT2D eigenvalue weighted by atomic mass is 32.1. The van der Waals surface area contributed by atoms with Crippen LogP contribution in [0.4, 0.5) is 5.13 Å². The summed E-state index contributed by atoms with van der Waals surface area (Å²) < 4.78 is 5.30. The third-order valence-electron chi connectivity index (χ3n) is 3.61. The number of hydrogen-bond acceptors (Lipinski definition) is 5. The van der Waals surface area contributed by atoms with E-state index in [9.17, 15) is 0 Å². The molecule has 1 aromatic rings. The maximum absolute atomic E-state index is 5.30. The van der Waals surface area contributed by atoms with Gasteiger partial charge in [-0.25, -0.2) is 4.98 Å². The number of anilines is 1. The van der Waals surface area contributed by atoms with E-state index in [1.165, 1.54) is 30.6 Å². The van der Waals surface area contributed by atoms with E-state index in [1.54, 1.807) is 7.11 Å². The number of methoxy groups -OCH3 is 1. The molecule has 0 bridgehead atoms. The number of thiazole rings is 1. The van der Waals surface area contributed by atoms with Crippen molar-refractivity contribution in [3.63, 3.8) is 0 Å². The van der Waals surface area contributed by atoms with Gasteiger partial charge in [0.15, 0.2) is 5.13 Å². The fourth-order valence-corrected chi connectivity index (χ4v) is 3.26. The molecule has 0 aliphatic heterocycles. The molecular weight excluding hydrogens is 270 g/mol. The minimum absolute atomic E-state index is 0.615. The van der Waals surface area contributed by atoms with Crippen molar-refractivity contribution >= 4 is 16.5 Å². The van der Waals surface area contributed by atoms with E-state index in [2.05, 4.69) is 24.1 Å². The Kier molecular flexibility index (Phi) is 6.26. The molecule has 1 aliphatic rings. The number of rotatable bonds is 10. The van der Waals surface area contributed by atoms with Crippen molar-refractivity contribution < 1.29 is 4.74 Å². The van der Waals surface area contributed by atoms with Crippen molar-refractivity contribution in [1.82, 2.24) is 10.3 Å². The van der Waals surface area contributed by atoms with Gasteiger partial charge in [0.25, 0.3) is 0 Å². The quantitative estimate of drug-likeness (QED) is 0.720. The molecule has 0 amide bonds. The van der Waals surface area contributed by atoms with E-state index in [1.807, 2.05) is 11.3 Å². The van der Waals surface area contributed by atoms with Crippen molar-refractivity contribution in [3.05, 3.63) is 10.6 Å². The van der Waals surface area contributed by atoms with Crippen LogP contribution in [0.1, 0.15) is 50.1 Å². The lowest BCUT2D eigenvalue weighted by atomic mass is 10.3. The van der Waals surface area contributed by atoms with Crippen molar-refractivity contribution in [1.29, 1.82) is 0 Å². The average molecular weight is 297 g/mol. The molecule has 0 spiro atoms. The average Bonchev–Trinajstić information content (AvgIpc) is 3.20. The zero-order chi connectivity index (χ0) is 14.4. The predicted octanol–water partition coefficient (Wildman–Crippen LogP) is 3.17. The fraction of sp³-hybridized carbons (Fsp3) is 0.800. The van der Waals surface area contributed by atoms with Crippen LogP contribution in [-0.4, -0.2) is 31.2 Å². The maximum atomic E-state index is 5.30. The van der Waals surface area contributed by atoms with Crippen LogP contribution in [0.5, 0.6) is 0 Å². The molecule has 1 saturated carbocycles. The second-order valence-corrected chi connectivity index (χ2v) is 6.45. The van der Waals surface area contributed by atoms with Crippen LogP contribution < -0.4 is 10.2 Å². The molecule has 2 rings (SSSR count). The topological polar surface area (TPSA) is 37.4 Å². The van der Waals surface area contributed by atoms with Crippen molar-refractivity contribution in [3.8, 4) is 0 Å². The van der Waals surface area contributed by atoms with Gasteiger partial charge in [0, 0.05) is 37.7 Å². The normalized spacial score (nSPS) is 14.8. The third-order valence-corrected chi connectivity index (χ3v) is 4.77. The zero-order valence-electron chi connectivity index (χ0n) is 12.9. The number of unbranched alkanes of at least 4 members (excludes halogenated alkanes) is 1. The summed E-state index contributed by atoms with van der Waals surface area (Å²) in [5, 5.41) is 4.73. The van der Waals surface area contributed by atoms with Gasteiger partial charge < -0.3 is 15.0 Å². The highest BCUT2D eigenvalue weighted by Gasteiger charge is 2.22. The summed E-state index contributed by atoms with van der Waals surface area (Å²) in [6.45, 7) is 8.11. The lowest BCUT2D eigenvalue weighted by Gasteiger charge is -2.19. The Morgan fingerprint density at radius 1 is 1.40 bits per heavy atom. The van der Waals surface area contributed by atoms with Crippen LogP contribution in [0, 0.1) is 0 Å². The fourth-order valence-electron chi connectivity index (χ4n) is 2.16. The van der Waals surface area contributed by atoms with E-state index in [0.717, 1.165) is 36.5 Å². The first kappa shape index (κ1) is 15.7. The molecule has 5 heteroatoms. The van der Waals surface area contributed by atoms with Gasteiger partial charge in [-0.15, -0.1) is 11.3 Å². The summed E-state index contributed by atoms with van der Waals surface area (Å²) in [6.07, 6.45) is 5.09. The first-order chi connectivity index (χ1) is 9.78. The second-order valence-electron chi connectivity index (χ2n) is 5.39. The molecule has 1 fully saturated rings. The summed E-state index contributed by atoms with van der Waals surface area (Å²) in [6, 6.07) is 0.735. The molecule has 0 atom stereocenters. The molecule has 1 heterocycles. The van der Waals surface area contributed by atoms with Crippen molar-refractivity contribution in [2.75, 3.05) is 25.1 Å². The SMILES string of the molecule is CCCCN(CC)c1nc(COC)c(CNC2CC2)s1. The van der Waals surface area contributed by atoms with Gasteiger partial charge >= 0.3 is 0 Å². The van der Waals surface area contributed by atoms with Gasteiger partial charge in [0.1, 0.15) is 0 Å². The minimum atomic E-state index is 0.615. The number of ether oxygens (including phenoxy) is 1.